The Morgan fingerprint density at radius 1 is 1.28 bits per heavy atom. The molecule has 0 radical (unpaired) electrons. The van der Waals surface area contributed by atoms with Crippen LogP contribution >= 0.6 is 0 Å². The molecule has 2 aromatic heterocycles. The number of rotatable bonds is 5. The third-order valence-corrected chi connectivity index (χ3v) is 2.31. The first-order chi connectivity index (χ1) is 8.70. The predicted molar refractivity (Wildman–Crippen MR) is 67.6 cm³/mol. The Balaban J connectivity index is 2.36. The minimum atomic E-state index is 0.234. The molecule has 18 heavy (non-hydrogen) atoms. The monoisotopic (exact) mass is 247 g/mol. The van der Waals surface area contributed by atoms with Crippen molar-refractivity contribution in [3.63, 3.8) is 0 Å². The molecule has 0 aromatic carbocycles. The van der Waals surface area contributed by atoms with Crippen molar-refractivity contribution in [3.8, 4) is 5.95 Å². The summed E-state index contributed by atoms with van der Waals surface area (Å²) in [5.41, 5.74) is 0. The highest BCUT2D eigenvalue weighted by atomic mass is 15.4. The average Bonchev–Trinajstić information content (AvgIpc) is 2.89. The van der Waals surface area contributed by atoms with Crippen LogP contribution in [0.15, 0.2) is 12.7 Å². The van der Waals surface area contributed by atoms with Crippen LogP contribution in [0.2, 0.25) is 0 Å². The molecule has 1 N–H and O–H groups in total. The number of nitrogens with one attached hydrogen (secondary N) is 1. The van der Waals surface area contributed by atoms with E-state index in [9.17, 15) is 0 Å². The van der Waals surface area contributed by atoms with Gasteiger partial charge in [-0.3, -0.25) is 0 Å². The summed E-state index contributed by atoms with van der Waals surface area (Å²) in [6.45, 7) is 7.02. The second kappa shape index (κ2) is 5.52. The Kier molecular flexibility index (Phi) is 3.81. The predicted octanol–water partition coefficient (Wildman–Crippen LogP) is 1.40. The summed E-state index contributed by atoms with van der Waals surface area (Å²) in [5.74, 6) is 2.05. The largest absolute Gasteiger partial charge is 0.354 e. The molecule has 0 unspecified atom stereocenters. The van der Waals surface area contributed by atoms with E-state index in [2.05, 4.69) is 37.3 Å². The van der Waals surface area contributed by atoms with Crippen LogP contribution in [0.1, 0.15) is 38.9 Å². The molecule has 0 atom stereocenters. The van der Waals surface area contributed by atoms with Gasteiger partial charge in [-0.15, -0.1) is 0 Å². The zero-order valence-corrected chi connectivity index (χ0v) is 10.8. The number of aromatic nitrogens is 6. The van der Waals surface area contributed by atoms with Crippen LogP contribution < -0.4 is 5.32 Å². The lowest BCUT2D eigenvalue weighted by Gasteiger charge is -2.09. The molecule has 0 aliphatic rings. The molecule has 0 aliphatic carbocycles. The molecule has 7 heteroatoms. The molecule has 0 spiro atoms. The Hall–Kier alpha value is -2.05. The second-order valence-electron chi connectivity index (χ2n) is 4.24. The van der Waals surface area contributed by atoms with Gasteiger partial charge in [-0.05, 0) is 6.42 Å². The zero-order valence-electron chi connectivity index (χ0n) is 10.8. The maximum Gasteiger partial charge on any atom is 0.257 e. The van der Waals surface area contributed by atoms with Crippen molar-refractivity contribution in [2.24, 2.45) is 0 Å². The van der Waals surface area contributed by atoms with Gasteiger partial charge >= 0.3 is 0 Å². The summed E-state index contributed by atoms with van der Waals surface area (Å²) < 4.78 is 1.53. The second-order valence-corrected chi connectivity index (χ2v) is 4.24. The molecule has 7 nitrogen and oxygen atoms in total. The smallest absolute Gasteiger partial charge is 0.257 e. The third-order valence-electron chi connectivity index (χ3n) is 2.31. The first-order valence-electron chi connectivity index (χ1n) is 6.05. The van der Waals surface area contributed by atoms with Crippen LogP contribution in [0.4, 0.5) is 5.95 Å². The van der Waals surface area contributed by atoms with Gasteiger partial charge in [0.2, 0.25) is 5.95 Å². The van der Waals surface area contributed by atoms with Gasteiger partial charge in [-0.1, -0.05) is 20.8 Å². The number of hydrogen-bond donors (Lipinski definition) is 1. The minimum Gasteiger partial charge on any atom is -0.354 e. The van der Waals surface area contributed by atoms with Gasteiger partial charge in [0.05, 0.1) is 0 Å². The highest BCUT2D eigenvalue weighted by Gasteiger charge is 2.10. The molecule has 2 rings (SSSR count). The van der Waals surface area contributed by atoms with Crippen molar-refractivity contribution in [2.75, 3.05) is 11.9 Å². The van der Waals surface area contributed by atoms with E-state index in [4.69, 9.17) is 0 Å². The average molecular weight is 247 g/mol. The zero-order chi connectivity index (χ0) is 13.0. The lowest BCUT2D eigenvalue weighted by molar-refractivity contribution is 0.717. The molecule has 0 bridgehead atoms. The summed E-state index contributed by atoms with van der Waals surface area (Å²) in [7, 11) is 0. The van der Waals surface area contributed by atoms with Crippen molar-refractivity contribution in [3.05, 3.63) is 18.5 Å². The first kappa shape index (κ1) is 12.4. The van der Waals surface area contributed by atoms with Gasteiger partial charge < -0.3 is 5.32 Å². The van der Waals surface area contributed by atoms with Crippen LogP contribution in [0.3, 0.4) is 0 Å². The quantitative estimate of drug-likeness (QED) is 0.860. The van der Waals surface area contributed by atoms with Gasteiger partial charge in [0, 0.05) is 12.5 Å². The molecule has 0 saturated heterocycles. The third kappa shape index (κ3) is 2.79. The van der Waals surface area contributed by atoms with E-state index in [0.717, 1.165) is 18.8 Å². The van der Waals surface area contributed by atoms with Gasteiger partial charge in [-0.25, -0.2) is 4.98 Å². The first-order valence-corrected chi connectivity index (χ1v) is 6.05. The van der Waals surface area contributed by atoms with E-state index in [0.29, 0.717) is 11.9 Å². The van der Waals surface area contributed by atoms with E-state index in [1.807, 2.05) is 13.8 Å². The fourth-order valence-corrected chi connectivity index (χ4v) is 1.37. The minimum absolute atomic E-state index is 0.234. The Bertz CT molecular complexity index is 492. The molecule has 2 heterocycles. The molecule has 0 amide bonds. The SMILES string of the molecule is CCCNc1nc(C(C)C)nc(-n2cncn2)n1. The highest BCUT2D eigenvalue weighted by molar-refractivity contribution is 5.28. The fraction of sp³-hybridized carbons (Fsp3) is 0.545. The Morgan fingerprint density at radius 2 is 2.11 bits per heavy atom. The molecular weight excluding hydrogens is 230 g/mol. The molecular formula is C11H17N7. The highest BCUT2D eigenvalue weighted by Crippen LogP contribution is 2.12. The summed E-state index contributed by atoms with van der Waals surface area (Å²) in [6, 6.07) is 0. The normalized spacial score (nSPS) is 10.9. The van der Waals surface area contributed by atoms with Gasteiger partial charge in [0.1, 0.15) is 18.5 Å². The Labute approximate surface area is 106 Å². The number of hydrogen-bond acceptors (Lipinski definition) is 6. The van der Waals surface area contributed by atoms with Crippen molar-refractivity contribution < 1.29 is 0 Å². The molecule has 0 fully saturated rings. The van der Waals surface area contributed by atoms with Crippen molar-refractivity contribution in [2.45, 2.75) is 33.1 Å². The molecule has 0 saturated carbocycles. The lowest BCUT2D eigenvalue weighted by Crippen LogP contribution is -2.13. The molecule has 0 aliphatic heterocycles. The summed E-state index contributed by atoms with van der Waals surface area (Å²) in [5, 5.41) is 7.20. The van der Waals surface area contributed by atoms with Gasteiger partial charge in [0.25, 0.3) is 5.95 Å². The number of nitrogens with zero attached hydrogens (tertiary/aromatic N) is 6. The summed E-state index contributed by atoms with van der Waals surface area (Å²) in [4.78, 5) is 17.0. The van der Waals surface area contributed by atoms with E-state index in [1.54, 1.807) is 6.33 Å². The Morgan fingerprint density at radius 3 is 2.72 bits per heavy atom. The van der Waals surface area contributed by atoms with Crippen molar-refractivity contribution in [1.82, 2.24) is 29.7 Å². The van der Waals surface area contributed by atoms with E-state index in [-0.39, 0.29) is 5.92 Å². The molecule has 2 aromatic rings. The van der Waals surface area contributed by atoms with Crippen LogP contribution in [-0.2, 0) is 0 Å². The van der Waals surface area contributed by atoms with Crippen molar-refractivity contribution >= 4 is 5.95 Å². The van der Waals surface area contributed by atoms with E-state index in [1.165, 1.54) is 11.0 Å². The fourth-order valence-electron chi connectivity index (χ4n) is 1.37. The van der Waals surface area contributed by atoms with Gasteiger partial charge in [-0.2, -0.15) is 24.7 Å². The van der Waals surface area contributed by atoms with Crippen molar-refractivity contribution in [1.29, 1.82) is 0 Å². The standard InChI is InChI=1S/C11H17N7/c1-4-5-13-10-15-9(8(2)3)16-11(17-10)18-7-12-6-14-18/h6-8H,4-5H2,1-3H3,(H,13,15,16,17). The van der Waals surface area contributed by atoms with Crippen LogP contribution in [-0.4, -0.2) is 36.3 Å². The topological polar surface area (TPSA) is 81.4 Å². The van der Waals surface area contributed by atoms with Crippen LogP contribution in [0.5, 0.6) is 0 Å². The molecule has 96 valence electrons. The van der Waals surface area contributed by atoms with Gasteiger partial charge in [0.15, 0.2) is 0 Å². The van der Waals surface area contributed by atoms with E-state index >= 15 is 0 Å². The summed E-state index contributed by atoms with van der Waals surface area (Å²) in [6.07, 6.45) is 4.04. The van der Waals surface area contributed by atoms with Crippen LogP contribution in [0.25, 0.3) is 5.95 Å². The van der Waals surface area contributed by atoms with E-state index < -0.39 is 0 Å². The maximum atomic E-state index is 4.39. The maximum absolute atomic E-state index is 4.39. The van der Waals surface area contributed by atoms with Crippen LogP contribution in [0, 0.1) is 0 Å². The summed E-state index contributed by atoms with van der Waals surface area (Å²) >= 11 is 0. The number of anilines is 1. The lowest BCUT2D eigenvalue weighted by atomic mass is 10.2.